The molecule has 0 spiro atoms. The van der Waals surface area contributed by atoms with Crippen molar-refractivity contribution in [1.82, 2.24) is 10.3 Å². The molecule has 0 fully saturated rings. The van der Waals surface area contributed by atoms with E-state index in [-0.39, 0.29) is 11.2 Å². The van der Waals surface area contributed by atoms with E-state index >= 15 is 0 Å². The molecule has 0 unspecified atom stereocenters. The minimum absolute atomic E-state index is 0.0948. The van der Waals surface area contributed by atoms with Gasteiger partial charge in [-0.1, -0.05) is 11.6 Å². The predicted octanol–water partition coefficient (Wildman–Crippen LogP) is 1.20. The Morgan fingerprint density at radius 3 is 2.62 bits per heavy atom. The molecule has 5 nitrogen and oxygen atoms in total. The third-order valence-electron chi connectivity index (χ3n) is 1.63. The van der Waals surface area contributed by atoms with Gasteiger partial charge in [-0.25, -0.2) is 4.98 Å². The van der Waals surface area contributed by atoms with Gasteiger partial charge < -0.3 is 10.6 Å². The van der Waals surface area contributed by atoms with Gasteiger partial charge in [0, 0.05) is 12.2 Å². The number of pyridine rings is 1. The third-order valence-corrected chi connectivity index (χ3v) is 1.93. The lowest BCUT2D eigenvalue weighted by Gasteiger charge is -2.08. The van der Waals surface area contributed by atoms with E-state index in [1.165, 1.54) is 6.20 Å². The van der Waals surface area contributed by atoms with E-state index < -0.39 is 11.8 Å². The summed E-state index contributed by atoms with van der Waals surface area (Å²) in [4.78, 5) is 26.4. The van der Waals surface area contributed by atoms with Crippen LogP contribution in [-0.2, 0) is 9.59 Å². The highest BCUT2D eigenvalue weighted by Gasteiger charge is 2.15. The van der Waals surface area contributed by atoms with Crippen LogP contribution < -0.4 is 10.6 Å². The standard InChI is InChI=1S/C10H12ClN3O2/c1-6(2)13-9(15)10(16)14-7-4-3-5-12-8(7)11/h3-6H,1-2H3,(H,13,15)(H,14,16). The Kier molecular flexibility index (Phi) is 4.25. The number of rotatable bonds is 2. The second-order valence-electron chi connectivity index (χ2n) is 3.42. The maximum absolute atomic E-state index is 11.4. The summed E-state index contributed by atoms with van der Waals surface area (Å²) in [5, 5.41) is 4.98. The van der Waals surface area contributed by atoms with Crippen LogP contribution in [0.1, 0.15) is 13.8 Å². The lowest BCUT2D eigenvalue weighted by atomic mass is 10.3. The smallest absolute Gasteiger partial charge is 0.313 e. The second-order valence-corrected chi connectivity index (χ2v) is 3.78. The van der Waals surface area contributed by atoms with Gasteiger partial charge in [0.25, 0.3) is 0 Å². The minimum atomic E-state index is -0.761. The van der Waals surface area contributed by atoms with Gasteiger partial charge in [-0.15, -0.1) is 0 Å². The van der Waals surface area contributed by atoms with E-state index in [2.05, 4.69) is 15.6 Å². The molecule has 0 aliphatic rings. The van der Waals surface area contributed by atoms with Crippen LogP contribution in [-0.4, -0.2) is 22.8 Å². The summed E-state index contributed by atoms with van der Waals surface area (Å²) in [6, 6.07) is 3.08. The molecule has 0 aromatic carbocycles. The summed E-state index contributed by atoms with van der Waals surface area (Å²) < 4.78 is 0. The first-order valence-corrected chi connectivity index (χ1v) is 5.11. The maximum Gasteiger partial charge on any atom is 0.313 e. The highest BCUT2D eigenvalue weighted by atomic mass is 35.5. The molecule has 0 atom stereocenters. The zero-order valence-corrected chi connectivity index (χ0v) is 9.71. The zero-order chi connectivity index (χ0) is 12.1. The van der Waals surface area contributed by atoms with Crippen LogP contribution in [0.2, 0.25) is 5.15 Å². The first-order valence-electron chi connectivity index (χ1n) is 4.73. The molecule has 16 heavy (non-hydrogen) atoms. The summed E-state index contributed by atoms with van der Waals surface area (Å²) in [7, 11) is 0. The molecule has 1 heterocycles. The number of carbonyl (C=O) groups is 2. The van der Waals surface area contributed by atoms with Crippen molar-refractivity contribution in [3.05, 3.63) is 23.5 Å². The van der Waals surface area contributed by atoms with E-state index in [4.69, 9.17) is 11.6 Å². The van der Waals surface area contributed by atoms with E-state index in [0.717, 1.165) is 0 Å². The summed E-state index contributed by atoms with van der Waals surface area (Å²) in [6.45, 7) is 3.53. The van der Waals surface area contributed by atoms with Crippen LogP contribution in [0.4, 0.5) is 5.69 Å². The van der Waals surface area contributed by atoms with Crippen LogP contribution in [0.3, 0.4) is 0 Å². The normalized spacial score (nSPS) is 10.0. The highest BCUT2D eigenvalue weighted by Crippen LogP contribution is 2.16. The van der Waals surface area contributed by atoms with Crippen LogP contribution in [0.15, 0.2) is 18.3 Å². The number of nitrogens with one attached hydrogen (secondary N) is 2. The number of nitrogens with zero attached hydrogens (tertiary/aromatic N) is 1. The van der Waals surface area contributed by atoms with Crippen LogP contribution in [0.5, 0.6) is 0 Å². The van der Waals surface area contributed by atoms with E-state index in [1.54, 1.807) is 26.0 Å². The van der Waals surface area contributed by atoms with Crippen molar-refractivity contribution in [2.45, 2.75) is 19.9 Å². The molecule has 1 aromatic heterocycles. The fraction of sp³-hybridized carbons (Fsp3) is 0.300. The number of aromatic nitrogens is 1. The number of hydrogen-bond donors (Lipinski definition) is 2. The predicted molar refractivity (Wildman–Crippen MR) is 61.2 cm³/mol. The van der Waals surface area contributed by atoms with Crippen molar-refractivity contribution >= 4 is 29.1 Å². The molecule has 0 saturated heterocycles. The summed E-state index contributed by atoms with van der Waals surface area (Å²) in [5.41, 5.74) is 0.313. The van der Waals surface area contributed by atoms with Crippen LogP contribution in [0.25, 0.3) is 0 Å². The van der Waals surface area contributed by atoms with Gasteiger partial charge in [-0.3, -0.25) is 9.59 Å². The summed E-state index contributed by atoms with van der Waals surface area (Å²) in [5.74, 6) is -1.46. The number of hydrogen-bond acceptors (Lipinski definition) is 3. The Bertz CT molecular complexity index is 407. The minimum Gasteiger partial charge on any atom is -0.346 e. The van der Waals surface area contributed by atoms with Gasteiger partial charge in [-0.2, -0.15) is 0 Å². The molecule has 1 aromatic rings. The molecular weight excluding hydrogens is 230 g/mol. The topological polar surface area (TPSA) is 71.1 Å². The Morgan fingerprint density at radius 1 is 1.38 bits per heavy atom. The van der Waals surface area contributed by atoms with Crippen molar-refractivity contribution in [2.24, 2.45) is 0 Å². The summed E-state index contributed by atoms with van der Waals surface area (Å²) >= 11 is 5.72. The number of halogens is 1. The largest absolute Gasteiger partial charge is 0.346 e. The molecule has 1 rings (SSSR count). The Labute approximate surface area is 98.2 Å². The molecular formula is C10H12ClN3O2. The molecule has 0 saturated carbocycles. The molecule has 2 N–H and O–H groups in total. The average Bonchev–Trinajstić information content (AvgIpc) is 2.20. The van der Waals surface area contributed by atoms with Crippen molar-refractivity contribution < 1.29 is 9.59 Å². The van der Waals surface area contributed by atoms with Gasteiger partial charge in [0.05, 0.1) is 5.69 Å². The van der Waals surface area contributed by atoms with E-state index in [9.17, 15) is 9.59 Å². The van der Waals surface area contributed by atoms with E-state index in [1.807, 2.05) is 0 Å². The van der Waals surface area contributed by atoms with Crippen molar-refractivity contribution in [2.75, 3.05) is 5.32 Å². The highest BCUT2D eigenvalue weighted by molar-refractivity contribution is 6.41. The van der Waals surface area contributed by atoms with E-state index in [0.29, 0.717) is 5.69 Å². The van der Waals surface area contributed by atoms with Gasteiger partial charge in [0.1, 0.15) is 0 Å². The van der Waals surface area contributed by atoms with Crippen molar-refractivity contribution in [3.8, 4) is 0 Å². The number of carbonyl (C=O) groups excluding carboxylic acids is 2. The summed E-state index contributed by atoms with van der Waals surface area (Å²) in [6.07, 6.45) is 1.49. The van der Waals surface area contributed by atoms with Gasteiger partial charge in [0.2, 0.25) is 0 Å². The SMILES string of the molecule is CC(C)NC(=O)C(=O)Nc1cccnc1Cl. The first-order chi connectivity index (χ1) is 7.50. The lowest BCUT2D eigenvalue weighted by Crippen LogP contribution is -2.39. The molecule has 0 radical (unpaired) electrons. The first kappa shape index (κ1) is 12.4. The van der Waals surface area contributed by atoms with Crippen molar-refractivity contribution in [1.29, 1.82) is 0 Å². The Hall–Kier alpha value is -1.62. The molecule has 86 valence electrons. The fourth-order valence-corrected chi connectivity index (χ4v) is 1.15. The zero-order valence-electron chi connectivity index (χ0n) is 8.95. The van der Waals surface area contributed by atoms with Crippen LogP contribution >= 0.6 is 11.6 Å². The fourth-order valence-electron chi connectivity index (χ4n) is 0.986. The molecule has 0 aliphatic carbocycles. The molecule has 0 aliphatic heterocycles. The van der Waals surface area contributed by atoms with Gasteiger partial charge in [-0.05, 0) is 26.0 Å². The number of anilines is 1. The molecule has 2 amide bonds. The Balaban J connectivity index is 2.65. The Morgan fingerprint density at radius 2 is 2.06 bits per heavy atom. The quantitative estimate of drug-likeness (QED) is 0.604. The van der Waals surface area contributed by atoms with Crippen LogP contribution in [0, 0.1) is 0 Å². The monoisotopic (exact) mass is 241 g/mol. The number of amides is 2. The maximum atomic E-state index is 11.4. The molecule has 0 bridgehead atoms. The second kappa shape index (κ2) is 5.46. The lowest BCUT2D eigenvalue weighted by molar-refractivity contribution is -0.136. The van der Waals surface area contributed by atoms with Gasteiger partial charge in [0.15, 0.2) is 5.15 Å². The van der Waals surface area contributed by atoms with Crippen molar-refractivity contribution in [3.63, 3.8) is 0 Å². The average molecular weight is 242 g/mol. The third kappa shape index (κ3) is 3.51. The molecule has 6 heteroatoms. The van der Waals surface area contributed by atoms with Gasteiger partial charge >= 0.3 is 11.8 Å².